The molecule has 0 unspecified atom stereocenters. The molecule has 0 spiro atoms. The Morgan fingerprint density at radius 2 is 1.78 bits per heavy atom. The van der Waals surface area contributed by atoms with E-state index >= 15 is 0 Å². The van der Waals surface area contributed by atoms with Crippen molar-refractivity contribution in [2.45, 2.75) is 13.5 Å². The summed E-state index contributed by atoms with van der Waals surface area (Å²) in [6, 6.07) is 19.1. The number of carbonyl (C=O) groups excluding carboxylic acids is 1. The van der Waals surface area contributed by atoms with Crippen molar-refractivity contribution in [2.75, 3.05) is 7.11 Å². The highest BCUT2D eigenvalue weighted by Crippen LogP contribution is 2.38. The highest BCUT2D eigenvalue weighted by molar-refractivity contribution is 9.10. The second-order valence-corrected chi connectivity index (χ2v) is 8.77. The summed E-state index contributed by atoms with van der Waals surface area (Å²) in [4.78, 5) is 16.8. The number of hydrogen-bond donors (Lipinski definition) is 0. The van der Waals surface area contributed by atoms with Gasteiger partial charge in [0.2, 0.25) is 5.90 Å². The minimum absolute atomic E-state index is 0.207. The first kappa shape index (κ1) is 22.3. The van der Waals surface area contributed by atoms with Crippen molar-refractivity contribution in [3.63, 3.8) is 0 Å². The topological polar surface area (TPSA) is 57.1 Å². The molecular weight excluding hydrogens is 538 g/mol. The van der Waals surface area contributed by atoms with E-state index in [1.807, 2.05) is 61.5 Å². The largest absolute Gasteiger partial charge is 0.493 e. The molecule has 1 aliphatic heterocycles. The molecule has 0 radical (unpaired) electrons. The highest BCUT2D eigenvalue weighted by Gasteiger charge is 2.25. The van der Waals surface area contributed by atoms with Crippen LogP contribution >= 0.6 is 31.9 Å². The van der Waals surface area contributed by atoms with Gasteiger partial charge in [-0.2, -0.15) is 0 Å². The fraction of sp³-hybridized carbons (Fsp3) is 0.120. The average molecular weight is 557 g/mol. The molecule has 5 nitrogen and oxygen atoms in total. The molecule has 32 heavy (non-hydrogen) atoms. The summed E-state index contributed by atoms with van der Waals surface area (Å²) in [6.07, 6.45) is 1.66. The van der Waals surface area contributed by atoms with Crippen LogP contribution in [0.25, 0.3) is 6.08 Å². The van der Waals surface area contributed by atoms with E-state index in [0.29, 0.717) is 28.1 Å². The SMILES string of the molecule is COc1cc(/C=C2\N=C(c3ccccc3Br)OC2=O)cc(Br)c1OCc1ccccc1C. The average Bonchev–Trinajstić information content (AvgIpc) is 3.14. The number of carbonyl (C=O) groups is 1. The maximum absolute atomic E-state index is 12.4. The zero-order valence-electron chi connectivity index (χ0n) is 17.4. The Hall–Kier alpha value is -2.90. The van der Waals surface area contributed by atoms with Gasteiger partial charge in [0, 0.05) is 4.47 Å². The van der Waals surface area contributed by atoms with Gasteiger partial charge in [0.1, 0.15) is 6.61 Å². The van der Waals surface area contributed by atoms with Crippen LogP contribution in [0.5, 0.6) is 11.5 Å². The first-order valence-corrected chi connectivity index (χ1v) is 11.4. The Morgan fingerprint density at radius 1 is 1.03 bits per heavy atom. The number of ether oxygens (including phenoxy) is 3. The quantitative estimate of drug-likeness (QED) is 0.258. The number of aryl methyl sites for hydroxylation is 1. The summed E-state index contributed by atoms with van der Waals surface area (Å²) in [5.74, 6) is 0.883. The zero-order valence-corrected chi connectivity index (χ0v) is 20.6. The van der Waals surface area contributed by atoms with Gasteiger partial charge in [-0.3, -0.25) is 0 Å². The summed E-state index contributed by atoms with van der Waals surface area (Å²) in [5, 5.41) is 0. The number of halogens is 2. The monoisotopic (exact) mass is 555 g/mol. The Kier molecular flexibility index (Phi) is 6.77. The Balaban J connectivity index is 1.61. The second-order valence-electron chi connectivity index (χ2n) is 7.07. The van der Waals surface area contributed by atoms with E-state index in [2.05, 4.69) is 36.9 Å². The standard InChI is InChI=1S/C25H19Br2NO4/c1-15-7-3-4-8-17(15)14-31-23-20(27)11-16(13-22(23)30-2)12-21-25(29)32-24(28-21)18-9-5-6-10-19(18)26/h3-13H,14H2,1-2H3/b21-12-. The van der Waals surface area contributed by atoms with Gasteiger partial charge in [-0.15, -0.1) is 0 Å². The van der Waals surface area contributed by atoms with E-state index in [-0.39, 0.29) is 11.6 Å². The van der Waals surface area contributed by atoms with Crippen LogP contribution in [0.1, 0.15) is 22.3 Å². The van der Waals surface area contributed by atoms with E-state index in [1.165, 1.54) is 0 Å². The van der Waals surface area contributed by atoms with Crippen LogP contribution in [-0.4, -0.2) is 19.0 Å². The van der Waals surface area contributed by atoms with E-state index < -0.39 is 5.97 Å². The molecule has 0 aromatic heterocycles. The van der Waals surface area contributed by atoms with Gasteiger partial charge in [-0.25, -0.2) is 9.79 Å². The lowest BCUT2D eigenvalue weighted by atomic mass is 10.1. The number of esters is 1. The number of aliphatic imine (C=N–C) groups is 1. The summed E-state index contributed by atoms with van der Waals surface area (Å²) in [5.41, 5.74) is 3.89. The van der Waals surface area contributed by atoms with Crippen LogP contribution in [0.2, 0.25) is 0 Å². The molecule has 3 aromatic rings. The molecule has 0 bridgehead atoms. The van der Waals surface area contributed by atoms with E-state index in [9.17, 15) is 4.79 Å². The van der Waals surface area contributed by atoms with Gasteiger partial charge < -0.3 is 14.2 Å². The van der Waals surface area contributed by atoms with Gasteiger partial charge in [-0.05, 0) is 85.8 Å². The molecule has 0 saturated carbocycles. The predicted molar refractivity (Wildman–Crippen MR) is 131 cm³/mol. The summed E-state index contributed by atoms with van der Waals surface area (Å²) in [6.45, 7) is 2.46. The number of methoxy groups -OCH3 is 1. The van der Waals surface area contributed by atoms with E-state index in [4.69, 9.17) is 14.2 Å². The van der Waals surface area contributed by atoms with Gasteiger partial charge in [0.15, 0.2) is 17.2 Å². The van der Waals surface area contributed by atoms with Gasteiger partial charge in [0.25, 0.3) is 0 Å². The molecule has 0 saturated heterocycles. The third-order valence-corrected chi connectivity index (χ3v) is 6.19. The van der Waals surface area contributed by atoms with Crippen molar-refractivity contribution in [1.82, 2.24) is 0 Å². The molecule has 0 amide bonds. The van der Waals surface area contributed by atoms with E-state index in [0.717, 1.165) is 21.2 Å². The van der Waals surface area contributed by atoms with Crippen LogP contribution < -0.4 is 9.47 Å². The lowest BCUT2D eigenvalue weighted by Gasteiger charge is -2.14. The van der Waals surface area contributed by atoms with Crippen molar-refractivity contribution in [1.29, 1.82) is 0 Å². The van der Waals surface area contributed by atoms with Crippen LogP contribution in [0.4, 0.5) is 0 Å². The third-order valence-electron chi connectivity index (χ3n) is 4.91. The number of cyclic esters (lactones) is 1. The number of rotatable bonds is 6. The summed E-state index contributed by atoms with van der Waals surface area (Å²) >= 11 is 7.02. The molecule has 4 rings (SSSR count). The lowest BCUT2D eigenvalue weighted by molar-refractivity contribution is -0.129. The maximum Gasteiger partial charge on any atom is 0.363 e. The summed E-state index contributed by atoms with van der Waals surface area (Å²) in [7, 11) is 1.58. The number of benzene rings is 3. The van der Waals surface area contributed by atoms with Crippen LogP contribution in [0.3, 0.4) is 0 Å². The molecule has 0 atom stereocenters. The molecule has 7 heteroatoms. The third kappa shape index (κ3) is 4.79. The molecule has 0 fully saturated rings. The predicted octanol–water partition coefficient (Wildman–Crippen LogP) is 6.45. The minimum Gasteiger partial charge on any atom is -0.493 e. The zero-order chi connectivity index (χ0) is 22.7. The summed E-state index contributed by atoms with van der Waals surface area (Å²) < 4.78 is 18.5. The van der Waals surface area contributed by atoms with Crippen molar-refractivity contribution in [3.05, 3.63) is 97.6 Å². The van der Waals surface area contributed by atoms with Gasteiger partial charge in [0.05, 0.1) is 17.1 Å². The fourth-order valence-electron chi connectivity index (χ4n) is 3.20. The Morgan fingerprint density at radius 3 is 2.53 bits per heavy atom. The van der Waals surface area contributed by atoms with Crippen molar-refractivity contribution < 1.29 is 19.0 Å². The Bertz CT molecular complexity index is 1250. The highest BCUT2D eigenvalue weighted by atomic mass is 79.9. The maximum atomic E-state index is 12.4. The second kappa shape index (κ2) is 9.71. The molecule has 162 valence electrons. The normalized spacial score (nSPS) is 14.3. The first-order valence-electron chi connectivity index (χ1n) is 9.78. The Labute approximate surface area is 203 Å². The molecule has 0 N–H and O–H groups in total. The molecular formula is C25H19Br2NO4. The van der Waals surface area contributed by atoms with Crippen LogP contribution in [-0.2, 0) is 16.1 Å². The molecule has 3 aromatic carbocycles. The first-order chi connectivity index (χ1) is 15.5. The van der Waals surface area contributed by atoms with Crippen LogP contribution in [0.15, 0.2) is 80.3 Å². The van der Waals surface area contributed by atoms with Gasteiger partial charge >= 0.3 is 5.97 Å². The smallest absolute Gasteiger partial charge is 0.363 e. The molecule has 1 heterocycles. The number of hydrogen-bond acceptors (Lipinski definition) is 5. The van der Waals surface area contributed by atoms with Crippen LogP contribution in [0, 0.1) is 6.92 Å². The number of nitrogens with zero attached hydrogens (tertiary/aromatic N) is 1. The lowest BCUT2D eigenvalue weighted by Crippen LogP contribution is -2.05. The van der Waals surface area contributed by atoms with Crippen molar-refractivity contribution >= 4 is 49.8 Å². The van der Waals surface area contributed by atoms with Crippen molar-refractivity contribution in [2.24, 2.45) is 4.99 Å². The van der Waals surface area contributed by atoms with Gasteiger partial charge in [-0.1, -0.05) is 36.4 Å². The fourth-order valence-corrected chi connectivity index (χ4v) is 4.23. The van der Waals surface area contributed by atoms with E-state index in [1.54, 1.807) is 19.3 Å². The molecule has 1 aliphatic rings. The minimum atomic E-state index is -0.509. The molecule has 0 aliphatic carbocycles. The van der Waals surface area contributed by atoms with Crippen molar-refractivity contribution in [3.8, 4) is 11.5 Å².